The van der Waals surface area contributed by atoms with E-state index in [0.29, 0.717) is 11.7 Å². The average Bonchev–Trinajstić information content (AvgIpc) is 2.70. The molecule has 2 amide bonds. The van der Waals surface area contributed by atoms with Crippen molar-refractivity contribution in [1.82, 2.24) is 5.06 Å². The number of hydrogen-bond acceptors (Lipinski definition) is 5. The molecule has 0 aliphatic carbocycles. The van der Waals surface area contributed by atoms with Crippen molar-refractivity contribution in [1.29, 1.82) is 0 Å². The molecule has 0 spiro atoms. The Hall–Kier alpha value is -1.43. The van der Waals surface area contributed by atoms with Crippen molar-refractivity contribution in [2.75, 3.05) is 6.61 Å². The monoisotopic (exact) mass is 271 g/mol. The highest BCUT2D eigenvalue weighted by Crippen LogP contribution is 2.13. The van der Waals surface area contributed by atoms with E-state index in [2.05, 4.69) is 6.92 Å². The van der Waals surface area contributed by atoms with Gasteiger partial charge in [0.1, 0.15) is 0 Å². The Morgan fingerprint density at radius 1 is 1.21 bits per heavy atom. The van der Waals surface area contributed by atoms with E-state index in [1.165, 1.54) is 0 Å². The third-order valence-electron chi connectivity index (χ3n) is 2.88. The van der Waals surface area contributed by atoms with Gasteiger partial charge in [0.05, 0.1) is 0 Å². The largest absolute Gasteiger partial charge is 0.367 e. The molecule has 0 aromatic rings. The molecule has 0 aromatic carbocycles. The number of carbonyl (C=O) groups excluding carboxylic acids is 3. The molecule has 1 heterocycles. The van der Waals surface area contributed by atoms with E-state index in [4.69, 9.17) is 9.57 Å². The van der Waals surface area contributed by atoms with Crippen molar-refractivity contribution in [3.05, 3.63) is 0 Å². The minimum atomic E-state index is -0.775. The molecule has 0 bridgehead atoms. The first kappa shape index (κ1) is 15.6. The van der Waals surface area contributed by atoms with Crippen LogP contribution in [0.4, 0.5) is 0 Å². The van der Waals surface area contributed by atoms with Crippen molar-refractivity contribution >= 4 is 17.8 Å². The van der Waals surface area contributed by atoms with E-state index in [0.717, 1.165) is 25.7 Å². The Labute approximate surface area is 113 Å². The van der Waals surface area contributed by atoms with Crippen LogP contribution in [0.1, 0.15) is 52.4 Å². The molecular formula is C13H21NO5. The predicted molar refractivity (Wildman–Crippen MR) is 66.7 cm³/mol. The summed E-state index contributed by atoms with van der Waals surface area (Å²) in [4.78, 5) is 38.9. The fourth-order valence-corrected chi connectivity index (χ4v) is 1.68. The number of rotatable bonds is 8. The van der Waals surface area contributed by atoms with Gasteiger partial charge in [-0.25, -0.2) is 4.79 Å². The summed E-state index contributed by atoms with van der Waals surface area (Å²) in [6, 6.07) is 0. The smallest absolute Gasteiger partial charge is 0.361 e. The molecule has 19 heavy (non-hydrogen) atoms. The Kier molecular flexibility index (Phi) is 6.49. The fraction of sp³-hybridized carbons (Fsp3) is 0.769. The first-order valence-corrected chi connectivity index (χ1v) is 6.75. The van der Waals surface area contributed by atoms with Gasteiger partial charge in [0, 0.05) is 19.4 Å². The third kappa shape index (κ3) is 4.98. The average molecular weight is 271 g/mol. The topological polar surface area (TPSA) is 72.9 Å². The van der Waals surface area contributed by atoms with Gasteiger partial charge < -0.3 is 9.57 Å². The molecule has 1 aliphatic heterocycles. The van der Waals surface area contributed by atoms with Crippen LogP contribution in [-0.4, -0.2) is 35.6 Å². The summed E-state index contributed by atoms with van der Waals surface area (Å²) in [6.45, 7) is 4.14. The minimum Gasteiger partial charge on any atom is -0.367 e. The van der Waals surface area contributed by atoms with Crippen LogP contribution in [-0.2, 0) is 24.0 Å². The molecule has 6 nitrogen and oxygen atoms in total. The van der Waals surface area contributed by atoms with Gasteiger partial charge in [-0.3, -0.25) is 9.59 Å². The second-order valence-corrected chi connectivity index (χ2v) is 4.57. The van der Waals surface area contributed by atoms with Gasteiger partial charge in [-0.1, -0.05) is 26.2 Å². The summed E-state index contributed by atoms with van der Waals surface area (Å²) in [5.74, 6) is -1.67. The van der Waals surface area contributed by atoms with Crippen LogP contribution in [0.25, 0.3) is 0 Å². The van der Waals surface area contributed by atoms with Gasteiger partial charge in [0.2, 0.25) is 0 Å². The summed E-state index contributed by atoms with van der Waals surface area (Å²) >= 11 is 0. The van der Waals surface area contributed by atoms with E-state index < -0.39 is 23.9 Å². The normalized spacial score (nSPS) is 16.8. The molecular weight excluding hydrogens is 250 g/mol. The molecule has 0 saturated carbocycles. The quantitative estimate of drug-likeness (QED) is 0.495. The number of carbonyl (C=O) groups is 3. The van der Waals surface area contributed by atoms with E-state index in [-0.39, 0.29) is 12.8 Å². The second kappa shape index (κ2) is 7.89. The fourth-order valence-electron chi connectivity index (χ4n) is 1.68. The van der Waals surface area contributed by atoms with Crippen molar-refractivity contribution < 1.29 is 24.0 Å². The van der Waals surface area contributed by atoms with Crippen LogP contribution in [0.5, 0.6) is 0 Å². The molecule has 0 aromatic heterocycles. The zero-order chi connectivity index (χ0) is 14.3. The molecule has 1 fully saturated rings. The van der Waals surface area contributed by atoms with Crippen LogP contribution < -0.4 is 0 Å². The molecule has 1 saturated heterocycles. The lowest BCUT2D eigenvalue weighted by molar-refractivity contribution is -0.204. The predicted octanol–water partition coefficient (Wildman–Crippen LogP) is 1.58. The Bertz CT molecular complexity index is 326. The maximum Gasteiger partial charge on any atom is 0.361 e. The van der Waals surface area contributed by atoms with Gasteiger partial charge in [-0.05, 0) is 13.3 Å². The van der Waals surface area contributed by atoms with Gasteiger partial charge in [0.25, 0.3) is 11.8 Å². The number of hydroxylamine groups is 2. The lowest BCUT2D eigenvalue weighted by Gasteiger charge is -2.16. The third-order valence-corrected chi connectivity index (χ3v) is 2.88. The zero-order valence-corrected chi connectivity index (χ0v) is 11.5. The van der Waals surface area contributed by atoms with Crippen molar-refractivity contribution in [3.8, 4) is 0 Å². The first-order valence-electron chi connectivity index (χ1n) is 6.75. The molecule has 1 unspecified atom stereocenters. The highest BCUT2D eigenvalue weighted by atomic mass is 16.7. The lowest BCUT2D eigenvalue weighted by Crippen LogP contribution is -2.36. The number of ether oxygens (including phenoxy) is 1. The van der Waals surface area contributed by atoms with Crippen molar-refractivity contribution in [3.63, 3.8) is 0 Å². The molecule has 0 N–H and O–H groups in total. The first-order chi connectivity index (χ1) is 9.06. The molecule has 108 valence electrons. The standard InChI is InChI=1S/C13H21NO5/c1-3-4-5-6-9-18-10(2)13(17)19-14-11(15)7-8-12(14)16/h10H,3-9H2,1-2H3. The number of amides is 2. The van der Waals surface area contributed by atoms with Crippen LogP contribution in [0.15, 0.2) is 0 Å². The summed E-state index contributed by atoms with van der Waals surface area (Å²) in [5, 5.41) is 0.541. The van der Waals surface area contributed by atoms with E-state index in [1.54, 1.807) is 6.92 Å². The number of hydrogen-bond donors (Lipinski definition) is 0. The molecule has 1 aliphatic rings. The SMILES string of the molecule is CCCCCCOC(C)C(=O)ON1C(=O)CCC1=O. The van der Waals surface area contributed by atoms with Crippen LogP contribution >= 0.6 is 0 Å². The Morgan fingerprint density at radius 3 is 2.42 bits per heavy atom. The molecule has 0 radical (unpaired) electrons. The molecule has 1 rings (SSSR count). The van der Waals surface area contributed by atoms with Gasteiger partial charge in [-0.15, -0.1) is 5.06 Å². The van der Waals surface area contributed by atoms with Gasteiger partial charge >= 0.3 is 5.97 Å². The number of nitrogens with zero attached hydrogens (tertiary/aromatic N) is 1. The van der Waals surface area contributed by atoms with E-state index >= 15 is 0 Å². The van der Waals surface area contributed by atoms with Crippen LogP contribution in [0.2, 0.25) is 0 Å². The minimum absolute atomic E-state index is 0.0956. The highest BCUT2D eigenvalue weighted by molar-refractivity contribution is 6.01. The van der Waals surface area contributed by atoms with Crippen molar-refractivity contribution in [2.24, 2.45) is 0 Å². The maximum absolute atomic E-state index is 11.6. The number of unbranched alkanes of at least 4 members (excludes halogenated alkanes) is 3. The number of imide groups is 1. The second-order valence-electron chi connectivity index (χ2n) is 4.57. The Morgan fingerprint density at radius 2 is 1.84 bits per heavy atom. The summed E-state index contributed by atoms with van der Waals surface area (Å²) in [6.07, 6.45) is 3.63. The maximum atomic E-state index is 11.6. The summed E-state index contributed by atoms with van der Waals surface area (Å²) in [5.41, 5.74) is 0. The summed E-state index contributed by atoms with van der Waals surface area (Å²) < 4.78 is 5.31. The lowest BCUT2D eigenvalue weighted by atomic mass is 10.2. The highest BCUT2D eigenvalue weighted by Gasteiger charge is 2.34. The van der Waals surface area contributed by atoms with Crippen LogP contribution in [0, 0.1) is 0 Å². The van der Waals surface area contributed by atoms with E-state index in [1.807, 2.05) is 0 Å². The van der Waals surface area contributed by atoms with Gasteiger partial charge in [-0.2, -0.15) is 0 Å². The van der Waals surface area contributed by atoms with Crippen molar-refractivity contribution in [2.45, 2.75) is 58.5 Å². The molecule has 1 atom stereocenters. The van der Waals surface area contributed by atoms with Crippen LogP contribution in [0.3, 0.4) is 0 Å². The summed E-state index contributed by atoms with van der Waals surface area (Å²) in [7, 11) is 0. The van der Waals surface area contributed by atoms with Gasteiger partial charge in [0.15, 0.2) is 6.10 Å². The molecule has 6 heteroatoms. The zero-order valence-electron chi connectivity index (χ0n) is 11.5. The van der Waals surface area contributed by atoms with E-state index in [9.17, 15) is 14.4 Å². The Balaban J connectivity index is 2.24.